The van der Waals surface area contributed by atoms with Crippen molar-refractivity contribution in [2.45, 2.75) is 4.90 Å². The second-order valence-corrected chi connectivity index (χ2v) is 6.00. The lowest BCUT2D eigenvalue weighted by Crippen LogP contribution is -1.98. The minimum absolute atomic E-state index is 0.186. The lowest BCUT2D eigenvalue weighted by atomic mass is 10.4. The zero-order chi connectivity index (χ0) is 10.6. The van der Waals surface area contributed by atoms with E-state index in [1.165, 1.54) is 0 Å². The number of nitrogens with zero attached hydrogens (tertiary/aromatic N) is 1. The summed E-state index contributed by atoms with van der Waals surface area (Å²) in [7, 11) is -2.33. The van der Waals surface area contributed by atoms with Gasteiger partial charge in [-0.15, -0.1) is 6.42 Å². The van der Waals surface area contributed by atoms with Crippen molar-refractivity contribution in [1.29, 1.82) is 0 Å². The van der Waals surface area contributed by atoms with Gasteiger partial charge in [-0.05, 0) is 24.3 Å². The number of hydrogen-bond acceptors (Lipinski definition) is 2. The molecular weight excluding hydrogens is 262 g/mol. The molecule has 0 N–H and O–H groups in total. The Hall–Kier alpha value is -0.790. The Labute approximate surface area is 93.0 Å². The highest BCUT2D eigenvalue weighted by Crippen LogP contribution is 2.15. The van der Waals surface area contributed by atoms with Gasteiger partial charge in [0.2, 0.25) is 0 Å². The van der Waals surface area contributed by atoms with E-state index in [2.05, 4.69) is 26.2 Å². The van der Waals surface area contributed by atoms with Crippen LogP contribution in [0.4, 0.5) is 0 Å². The fraction of sp³-hybridized carbons (Fsp3) is 0.200. The molecule has 0 aliphatic carbocycles. The van der Waals surface area contributed by atoms with Crippen LogP contribution in [-0.2, 0) is 9.73 Å². The second kappa shape index (κ2) is 4.63. The van der Waals surface area contributed by atoms with Crippen molar-refractivity contribution in [1.82, 2.24) is 0 Å². The molecule has 0 aliphatic heterocycles. The normalized spacial score (nSPS) is 14.1. The molecule has 1 aromatic rings. The van der Waals surface area contributed by atoms with Crippen LogP contribution in [0.2, 0.25) is 0 Å². The summed E-state index contributed by atoms with van der Waals surface area (Å²) < 4.78 is 16.9. The first kappa shape index (κ1) is 11.3. The number of benzene rings is 1. The van der Waals surface area contributed by atoms with Gasteiger partial charge >= 0.3 is 0 Å². The van der Waals surface area contributed by atoms with E-state index >= 15 is 0 Å². The Morgan fingerprint density at radius 3 is 2.57 bits per heavy atom. The van der Waals surface area contributed by atoms with Crippen molar-refractivity contribution in [3.8, 4) is 12.3 Å². The molecule has 0 saturated heterocycles. The average Bonchev–Trinajstić information content (AvgIpc) is 2.16. The van der Waals surface area contributed by atoms with E-state index in [1.807, 2.05) is 12.1 Å². The molecule has 1 unspecified atom stereocenters. The van der Waals surface area contributed by atoms with Gasteiger partial charge in [0.25, 0.3) is 0 Å². The van der Waals surface area contributed by atoms with Crippen LogP contribution in [-0.4, -0.2) is 17.0 Å². The Morgan fingerprint density at radius 2 is 2.07 bits per heavy atom. The lowest BCUT2D eigenvalue weighted by molar-refractivity contribution is 0.679. The summed E-state index contributed by atoms with van der Waals surface area (Å²) in [4.78, 5) is 0.705. The summed E-state index contributed by atoms with van der Waals surface area (Å²) in [6, 6.07) is 7.24. The van der Waals surface area contributed by atoms with E-state index in [-0.39, 0.29) is 6.54 Å². The molecule has 0 spiro atoms. The number of halogens is 1. The number of hydrogen-bond donors (Lipinski definition) is 0. The van der Waals surface area contributed by atoms with E-state index in [9.17, 15) is 4.21 Å². The molecule has 4 heteroatoms. The molecule has 0 saturated carbocycles. The number of terminal acetylenes is 1. The van der Waals surface area contributed by atoms with Crippen molar-refractivity contribution in [3.63, 3.8) is 0 Å². The van der Waals surface area contributed by atoms with E-state index in [0.29, 0.717) is 4.90 Å². The molecule has 0 fully saturated rings. The van der Waals surface area contributed by atoms with E-state index in [1.54, 1.807) is 18.4 Å². The Bertz CT molecular complexity index is 464. The summed E-state index contributed by atoms with van der Waals surface area (Å²) in [6.45, 7) is 0.186. The summed E-state index contributed by atoms with van der Waals surface area (Å²) >= 11 is 3.31. The zero-order valence-corrected chi connectivity index (χ0v) is 10.1. The topological polar surface area (TPSA) is 29.4 Å². The Kier molecular flexibility index (Phi) is 3.73. The fourth-order valence-electron chi connectivity index (χ4n) is 0.922. The third-order valence-electron chi connectivity index (χ3n) is 1.65. The second-order valence-electron chi connectivity index (χ2n) is 2.75. The predicted octanol–water partition coefficient (Wildman–Crippen LogP) is 2.54. The van der Waals surface area contributed by atoms with E-state index < -0.39 is 9.73 Å². The average molecular weight is 272 g/mol. The van der Waals surface area contributed by atoms with Crippen LogP contribution < -0.4 is 0 Å². The minimum Gasteiger partial charge on any atom is -0.245 e. The van der Waals surface area contributed by atoms with Crippen molar-refractivity contribution in [3.05, 3.63) is 28.7 Å². The third kappa shape index (κ3) is 2.86. The van der Waals surface area contributed by atoms with Crippen LogP contribution in [0.3, 0.4) is 0 Å². The molecule has 14 heavy (non-hydrogen) atoms. The maximum Gasteiger partial charge on any atom is 0.109 e. The van der Waals surface area contributed by atoms with Crippen molar-refractivity contribution >= 4 is 25.7 Å². The van der Waals surface area contributed by atoms with Gasteiger partial charge in [-0.1, -0.05) is 21.9 Å². The quantitative estimate of drug-likeness (QED) is 0.761. The maximum absolute atomic E-state index is 12.0. The van der Waals surface area contributed by atoms with Gasteiger partial charge < -0.3 is 0 Å². The molecule has 1 atom stereocenters. The summed E-state index contributed by atoms with van der Waals surface area (Å²) in [5.41, 5.74) is 0. The fourth-order valence-corrected chi connectivity index (χ4v) is 2.30. The van der Waals surface area contributed by atoms with Crippen LogP contribution in [0.1, 0.15) is 0 Å². The highest BCUT2D eigenvalue weighted by atomic mass is 79.9. The standard InChI is InChI=1S/C10H10BrNOS/c1-3-8-12-14(2,13)10-6-4-9(11)5-7-10/h1,4-7H,8H2,2H3. The van der Waals surface area contributed by atoms with Crippen LogP contribution in [0.25, 0.3) is 0 Å². The maximum atomic E-state index is 12.0. The van der Waals surface area contributed by atoms with Gasteiger partial charge in [0.1, 0.15) is 6.54 Å². The van der Waals surface area contributed by atoms with Gasteiger partial charge in [-0.3, -0.25) is 0 Å². The first-order chi connectivity index (χ1) is 6.56. The largest absolute Gasteiger partial charge is 0.245 e. The van der Waals surface area contributed by atoms with Gasteiger partial charge in [-0.2, -0.15) is 0 Å². The van der Waals surface area contributed by atoms with Gasteiger partial charge in [0.15, 0.2) is 0 Å². The molecule has 2 nitrogen and oxygen atoms in total. The molecule has 0 heterocycles. The van der Waals surface area contributed by atoms with Crippen LogP contribution in [0, 0.1) is 12.3 Å². The van der Waals surface area contributed by atoms with Crippen LogP contribution in [0.15, 0.2) is 38.0 Å². The third-order valence-corrected chi connectivity index (χ3v) is 3.95. The van der Waals surface area contributed by atoms with Crippen LogP contribution >= 0.6 is 15.9 Å². The highest BCUT2D eigenvalue weighted by molar-refractivity contribution is 9.10. The summed E-state index contributed by atoms with van der Waals surface area (Å²) in [6.07, 6.45) is 6.65. The lowest BCUT2D eigenvalue weighted by Gasteiger charge is -2.02. The number of rotatable bonds is 2. The van der Waals surface area contributed by atoms with Gasteiger partial charge in [0, 0.05) is 15.6 Å². The molecule has 0 radical (unpaired) electrons. The molecule has 74 valence electrons. The summed E-state index contributed by atoms with van der Waals surface area (Å²) in [5, 5.41) is 0. The molecule has 0 aromatic heterocycles. The molecule has 1 aromatic carbocycles. The highest BCUT2D eigenvalue weighted by Gasteiger charge is 2.03. The van der Waals surface area contributed by atoms with E-state index in [0.717, 1.165) is 4.47 Å². The SMILES string of the molecule is C#CCN=S(C)(=O)c1ccc(Br)cc1. The molecule has 0 aliphatic rings. The predicted molar refractivity (Wildman–Crippen MR) is 62.6 cm³/mol. The zero-order valence-electron chi connectivity index (χ0n) is 7.74. The minimum atomic E-state index is -2.33. The molecule has 1 rings (SSSR count). The van der Waals surface area contributed by atoms with Crippen molar-refractivity contribution < 1.29 is 4.21 Å². The van der Waals surface area contributed by atoms with E-state index in [4.69, 9.17) is 6.42 Å². The molecule has 0 bridgehead atoms. The first-order valence-electron chi connectivity index (χ1n) is 3.93. The van der Waals surface area contributed by atoms with Crippen LogP contribution in [0.5, 0.6) is 0 Å². The Balaban J connectivity index is 3.12. The Morgan fingerprint density at radius 1 is 1.50 bits per heavy atom. The molecule has 0 amide bonds. The van der Waals surface area contributed by atoms with Gasteiger partial charge in [0.05, 0.1) is 9.73 Å². The van der Waals surface area contributed by atoms with Gasteiger partial charge in [-0.25, -0.2) is 8.57 Å². The van der Waals surface area contributed by atoms with Crippen molar-refractivity contribution in [2.24, 2.45) is 4.36 Å². The first-order valence-corrected chi connectivity index (χ1v) is 6.65. The van der Waals surface area contributed by atoms with Crippen molar-refractivity contribution in [2.75, 3.05) is 12.8 Å². The summed E-state index contributed by atoms with van der Waals surface area (Å²) in [5.74, 6) is 2.35. The molecular formula is C10H10BrNOS. The smallest absolute Gasteiger partial charge is 0.109 e. The monoisotopic (exact) mass is 271 g/mol.